The van der Waals surface area contributed by atoms with Gasteiger partial charge in [-0.25, -0.2) is 0 Å². The minimum atomic E-state index is 0.566. The highest BCUT2D eigenvalue weighted by Crippen LogP contribution is 2.29. The molecule has 1 aliphatic heterocycles. The molecule has 0 amide bonds. The summed E-state index contributed by atoms with van der Waals surface area (Å²) in [4.78, 5) is 7.04. The minimum Gasteiger partial charge on any atom is -0.356 e. The van der Waals surface area contributed by atoms with Crippen LogP contribution < -0.4 is 10.6 Å². The molecule has 4 nitrogen and oxygen atoms in total. The molecule has 3 rings (SSSR count). The van der Waals surface area contributed by atoms with Gasteiger partial charge < -0.3 is 15.5 Å². The molecule has 2 N–H and O–H groups in total. The van der Waals surface area contributed by atoms with E-state index in [9.17, 15) is 0 Å². The molecule has 0 spiro atoms. The lowest BCUT2D eigenvalue weighted by atomic mass is 10.1. The zero-order valence-electron chi connectivity index (χ0n) is 14.6. The van der Waals surface area contributed by atoms with Gasteiger partial charge in [0.2, 0.25) is 0 Å². The largest absolute Gasteiger partial charge is 0.356 e. The van der Waals surface area contributed by atoms with E-state index in [0.29, 0.717) is 6.04 Å². The van der Waals surface area contributed by atoms with Crippen LogP contribution in [-0.4, -0.2) is 49.6 Å². The number of nitrogens with zero attached hydrogens (tertiary/aromatic N) is 2. The molecule has 0 aromatic heterocycles. The van der Waals surface area contributed by atoms with Crippen LogP contribution in [0.25, 0.3) is 0 Å². The van der Waals surface area contributed by atoms with Crippen molar-refractivity contribution in [2.45, 2.75) is 50.6 Å². The van der Waals surface area contributed by atoms with E-state index in [2.05, 4.69) is 60.7 Å². The minimum absolute atomic E-state index is 0.566. The van der Waals surface area contributed by atoms with Crippen molar-refractivity contribution in [3.8, 4) is 0 Å². The van der Waals surface area contributed by atoms with Crippen molar-refractivity contribution in [1.29, 1.82) is 0 Å². The van der Waals surface area contributed by atoms with Crippen molar-refractivity contribution in [2.75, 3.05) is 26.7 Å². The summed E-state index contributed by atoms with van der Waals surface area (Å²) < 4.78 is 1.16. The van der Waals surface area contributed by atoms with E-state index in [1.807, 2.05) is 7.05 Å². The first-order chi connectivity index (χ1) is 11.7. The first-order valence-electron chi connectivity index (χ1n) is 9.20. The highest BCUT2D eigenvalue weighted by molar-refractivity contribution is 9.10. The van der Waals surface area contributed by atoms with Crippen molar-refractivity contribution in [3.05, 3.63) is 34.3 Å². The van der Waals surface area contributed by atoms with Gasteiger partial charge in [-0.05, 0) is 56.2 Å². The molecule has 1 aromatic carbocycles. The van der Waals surface area contributed by atoms with Crippen LogP contribution in [0.15, 0.2) is 33.7 Å². The molecule has 1 heterocycles. The lowest BCUT2D eigenvalue weighted by Crippen LogP contribution is -2.49. The van der Waals surface area contributed by atoms with Crippen LogP contribution in [0, 0.1) is 0 Å². The molecule has 2 fully saturated rings. The number of likely N-dealkylation sites (tertiary alicyclic amines) is 1. The van der Waals surface area contributed by atoms with Crippen LogP contribution in [0.5, 0.6) is 0 Å². The zero-order chi connectivity index (χ0) is 16.8. The summed E-state index contributed by atoms with van der Waals surface area (Å²) in [6.07, 6.45) is 7.49. The van der Waals surface area contributed by atoms with Crippen molar-refractivity contribution in [1.82, 2.24) is 15.5 Å². The Labute approximate surface area is 154 Å². The third kappa shape index (κ3) is 5.49. The van der Waals surface area contributed by atoms with E-state index in [1.54, 1.807) is 0 Å². The molecule has 2 aliphatic rings. The highest BCUT2D eigenvalue weighted by atomic mass is 79.9. The fraction of sp³-hybridized carbons (Fsp3) is 0.632. The summed E-state index contributed by atoms with van der Waals surface area (Å²) in [5.41, 5.74) is 1.38. The van der Waals surface area contributed by atoms with Crippen LogP contribution in [0.3, 0.4) is 0 Å². The average molecular weight is 393 g/mol. The smallest absolute Gasteiger partial charge is 0.191 e. The van der Waals surface area contributed by atoms with Gasteiger partial charge in [-0.3, -0.25) is 4.99 Å². The van der Waals surface area contributed by atoms with Crippen molar-refractivity contribution in [2.24, 2.45) is 4.99 Å². The zero-order valence-corrected chi connectivity index (χ0v) is 16.2. The number of hydrogen-bond donors (Lipinski definition) is 2. The predicted octanol–water partition coefficient (Wildman–Crippen LogP) is 3.17. The number of guanidine groups is 1. The van der Waals surface area contributed by atoms with E-state index in [4.69, 9.17) is 0 Å². The van der Waals surface area contributed by atoms with E-state index in [1.165, 1.54) is 44.3 Å². The Kier molecular flexibility index (Phi) is 6.55. The normalized spacial score (nSPS) is 20.2. The van der Waals surface area contributed by atoms with Crippen molar-refractivity contribution in [3.63, 3.8) is 0 Å². The average Bonchev–Trinajstić information content (AvgIpc) is 3.43. The molecular weight excluding hydrogens is 364 g/mol. The van der Waals surface area contributed by atoms with E-state index in [0.717, 1.165) is 35.9 Å². The fourth-order valence-electron chi connectivity index (χ4n) is 3.43. The predicted molar refractivity (Wildman–Crippen MR) is 105 cm³/mol. The van der Waals surface area contributed by atoms with Gasteiger partial charge >= 0.3 is 0 Å². The molecule has 0 radical (unpaired) electrons. The molecule has 1 saturated heterocycles. The van der Waals surface area contributed by atoms with Gasteiger partial charge in [-0.2, -0.15) is 0 Å². The number of aliphatic imine (C=N–C) groups is 1. The summed E-state index contributed by atoms with van der Waals surface area (Å²) in [6, 6.07) is 10.0. The number of aryl methyl sites for hydroxylation is 1. The van der Waals surface area contributed by atoms with Gasteiger partial charge in [0.15, 0.2) is 5.96 Å². The highest BCUT2D eigenvalue weighted by Gasteiger charge is 2.31. The lowest BCUT2D eigenvalue weighted by Gasteiger charge is -2.33. The molecule has 1 aromatic rings. The van der Waals surface area contributed by atoms with Crippen LogP contribution in [0.2, 0.25) is 0 Å². The van der Waals surface area contributed by atoms with Gasteiger partial charge in [0.25, 0.3) is 0 Å². The molecule has 24 heavy (non-hydrogen) atoms. The number of rotatable bonds is 6. The standard InChI is InChI=1S/C19H29BrN4/c1-21-19(22-11-3-5-15-4-2-6-16(20)14-15)23-17-9-12-24(13-10-17)18-7-8-18/h2,4,6,14,17-18H,3,5,7-13H2,1H3,(H2,21,22,23). The third-order valence-corrected chi connectivity index (χ3v) is 5.47. The van der Waals surface area contributed by atoms with Crippen molar-refractivity contribution < 1.29 is 0 Å². The lowest BCUT2D eigenvalue weighted by molar-refractivity contribution is 0.197. The summed E-state index contributed by atoms with van der Waals surface area (Å²) in [5, 5.41) is 7.06. The van der Waals surface area contributed by atoms with Gasteiger partial charge in [0.1, 0.15) is 0 Å². The van der Waals surface area contributed by atoms with E-state index < -0.39 is 0 Å². The Morgan fingerprint density at radius 2 is 2.04 bits per heavy atom. The quantitative estimate of drug-likeness (QED) is 0.443. The number of benzene rings is 1. The second-order valence-corrected chi connectivity index (χ2v) is 7.83. The topological polar surface area (TPSA) is 39.7 Å². The molecule has 0 bridgehead atoms. The second kappa shape index (κ2) is 8.86. The summed E-state index contributed by atoms with van der Waals surface area (Å²) >= 11 is 3.53. The number of hydrogen-bond acceptors (Lipinski definition) is 2. The number of nitrogens with one attached hydrogen (secondary N) is 2. The fourth-order valence-corrected chi connectivity index (χ4v) is 3.88. The molecule has 5 heteroatoms. The van der Waals surface area contributed by atoms with Gasteiger partial charge in [-0.15, -0.1) is 0 Å². The van der Waals surface area contributed by atoms with Crippen molar-refractivity contribution >= 4 is 21.9 Å². The molecule has 0 unspecified atom stereocenters. The second-order valence-electron chi connectivity index (χ2n) is 6.92. The monoisotopic (exact) mass is 392 g/mol. The Morgan fingerprint density at radius 3 is 2.71 bits per heavy atom. The van der Waals surface area contributed by atoms with Gasteiger partial charge in [0.05, 0.1) is 0 Å². The Bertz CT molecular complexity index is 548. The maximum Gasteiger partial charge on any atom is 0.191 e. The SMILES string of the molecule is CN=C(NCCCc1cccc(Br)c1)NC1CCN(C2CC2)CC1. The summed E-state index contributed by atoms with van der Waals surface area (Å²) in [6.45, 7) is 3.43. The summed E-state index contributed by atoms with van der Waals surface area (Å²) in [7, 11) is 1.86. The van der Waals surface area contributed by atoms with Crippen LogP contribution >= 0.6 is 15.9 Å². The molecule has 0 atom stereocenters. The molecule has 132 valence electrons. The first-order valence-corrected chi connectivity index (χ1v) is 9.99. The Morgan fingerprint density at radius 1 is 1.25 bits per heavy atom. The third-order valence-electron chi connectivity index (χ3n) is 4.98. The number of halogens is 1. The Hall–Kier alpha value is -1.07. The number of piperidine rings is 1. The van der Waals surface area contributed by atoms with Crippen LogP contribution in [-0.2, 0) is 6.42 Å². The van der Waals surface area contributed by atoms with E-state index >= 15 is 0 Å². The maximum absolute atomic E-state index is 4.38. The van der Waals surface area contributed by atoms with Crippen LogP contribution in [0.1, 0.15) is 37.7 Å². The molecular formula is C19H29BrN4. The van der Waals surface area contributed by atoms with Crippen LogP contribution in [0.4, 0.5) is 0 Å². The first kappa shape index (κ1) is 17.7. The van der Waals surface area contributed by atoms with E-state index in [-0.39, 0.29) is 0 Å². The maximum atomic E-state index is 4.38. The molecule has 1 aliphatic carbocycles. The Balaban J connectivity index is 1.33. The van der Waals surface area contributed by atoms with Gasteiger partial charge in [-0.1, -0.05) is 28.1 Å². The van der Waals surface area contributed by atoms with Gasteiger partial charge in [0, 0.05) is 43.2 Å². The molecule has 1 saturated carbocycles. The summed E-state index contributed by atoms with van der Waals surface area (Å²) in [5.74, 6) is 0.953.